The van der Waals surface area contributed by atoms with Crippen LogP contribution in [-0.2, 0) is 35.2 Å². The molecule has 1 aromatic heterocycles. The summed E-state index contributed by atoms with van der Waals surface area (Å²) in [7, 11) is 0. The van der Waals surface area contributed by atoms with E-state index in [9.17, 15) is 28.8 Å². The van der Waals surface area contributed by atoms with E-state index in [1.54, 1.807) is 26.3 Å². The van der Waals surface area contributed by atoms with Gasteiger partial charge in [0.1, 0.15) is 24.2 Å². The topological polar surface area (TPSA) is 178 Å². The number of carbonyl (C=O) groups excluding carboxylic acids is 6. The number of benzene rings is 1. The molecule has 13 heteroatoms. The number of hydrogen-bond acceptors (Lipinski definition) is 7. The van der Waals surface area contributed by atoms with E-state index in [-0.39, 0.29) is 35.8 Å². The number of rotatable bonds is 18. The number of aromatic nitrogens is 1. The molecular formula is C33H49N6O6S. The van der Waals surface area contributed by atoms with Gasteiger partial charge in [-0.2, -0.15) is 12.6 Å². The third kappa shape index (κ3) is 10.6. The van der Waals surface area contributed by atoms with Crippen LogP contribution >= 0.6 is 12.6 Å². The van der Waals surface area contributed by atoms with Gasteiger partial charge in [0.05, 0.1) is 6.04 Å². The average Bonchev–Trinajstić information content (AvgIpc) is 3.44. The van der Waals surface area contributed by atoms with Crippen molar-refractivity contribution >= 4 is 59.4 Å². The first-order valence-corrected chi connectivity index (χ1v) is 16.4. The summed E-state index contributed by atoms with van der Waals surface area (Å²) in [5.41, 5.74) is 1.60. The second kappa shape index (κ2) is 18.3. The minimum absolute atomic E-state index is 0.0688. The highest BCUT2D eigenvalue weighted by Gasteiger charge is 2.35. The number of hydrogen-bond donors (Lipinski definition) is 7. The first-order valence-electron chi connectivity index (χ1n) is 15.8. The van der Waals surface area contributed by atoms with Crippen LogP contribution in [0.3, 0.4) is 0 Å². The van der Waals surface area contributed by atoms with E-state index in [2.05, 4.69) is 44.2 Å². The normalized spacial score (nSPS) is 15.8. The zero-order chi connectivity index (χ0) is 34.6. The summed E-state index contributed by atoms with van der Waals surface area (Å²) >= 11 is 4.24. The predicted molar refractivity (Wildman–Crippen MR) is 181 cm³/mol. The zero-order valence-electron chi connectivity index (χ0n) is 27.7. The van der Waals surface area contributed by atoms with Gasteiger partial charge in [0, 0.05) is 36.2 Å². The largest absolute Gasteiger partial charge is 0.361 e. The van der Waals surface area contributed by atoms with E-state index in [1.807, 2.05) is 52.0 Å². The van der Waals surface area contributed by atoms with Crippen LogP contribution in [0.2, 0.25) is 0 Å². The molecule has 12 nitrogen and oxygen atoms in total. The van der Waals surface area contributed by atoms with Crippen LogP contribution in [0.25, 0.3) is 10.9 Å². The monoisotopic (exact) mass is 657 g/mol. The van der Waals surface area contributed by atoms with E-state index in [1.165, 1.54) is 6.92 Å². The van der Waals surface area contributed by atoms with Gasteiger partial charge < -0.3 is 31.6 Å². The Bertz CT molecular complexity index is 1360. The fraction of sp³-hybridized carbons (Fsp3) is 0.576. The summed E-state index contributed by atoms with van der Waals surface area (Å²) in [5.74, 6) is -3.51. The molecule has 0 aliphatic rings. The maximum absolute atomic E-state index is 13.9. The first kappa shape index (κ1) is 38.3. The maximum Gasteiger partial charge on any atom is 0.244 e. The molecule has 2 aromatic rings. The van der Waals surface area contributed by atoms with Crippen LogP contribution in [0, 0.1) is 17.8 Å². The highest BCUT2D eigenvalue weighted by molar-refractivity contribution is 7.80. The SMILES string of the molecule is CC[C@H](C)[C@H](NC(C)=O)C(=O)N[C@H](C(=O)N[C@@H](Cc1c[nH]c2ccccc12)C(=O)N[C@@H](CS)C(=O)N[C@H]([C]=O)C(C)C)[C@@H](C)CC. The van der Waals surface area contributed by atoms with Crippen molar-refractivity contribution in [3.63, 3.8) is 0 Å². The molecule has 46 heavy (non-hydrogen) atoms. The second-order valence-electron chi connectivity index (χ2n) is 12.2. The van der Waals surface area contributed by atoms with Gasteiger partial charge in [0.2, 0.25) is 35.8 Å². The number of para-hydroxylation sites is 1. The summed E-state index contributed by atoms with van der Waals surface area (Å²) in [6, 6.07) is 2.53. The maximum atomic E-state index is 13.9. The van der Waals surface area contributed by atoms with Crippen LogP contribution in [0.5, 0.6) is 0 Å². The van der Waals surface area contributed by atoms with Crippen molar-refractivity contribution in [2.24, 2.45) is 17.8 Å². The minimum atomic E-state index is -1.15. The summed E-state index contributed by atoms with van der Waals surface area (Å²) in [4.78, 5) is 80.4. The molecule has 2 rings (SSSR count). The van der Waals surface area contributed by atoms with Crippen molar-refractivity contribution < 1.29 is 28.8 Å². The molecule has 0 fully saturated rings. The van der Waals surface area contributed by atoms with Crippen LogP contribution in [0.15, 0.2) is 30.5 Å². The molecule has 1 radical (unpaired) electrons. The fourth-order valence-electron chi connectivity index (χ4n) is 4.91. The molecular weight excluding hydrogens is 608 g/mol. The van der Waals surface area contributed by atoms with Crippen molar-refractivity contribution in [3.05, 3.63) is 36.0 Å². The van der Waals surface area contributed by atoms with Crippen molar-refractivity contribution in [1.82, 2.24) is 31.6 Å². The zero-order valence-corrected chi connectivity index (χ0v) is 28.6. The number of fused-ring (bicyclic) bond motifs is 1. The van der Waals surface area contributed by atoms with Gasteiger partial charge in [-0.05, 0) is 29.4 Å². The smallest absolute Gasteiger partial charge is 0.244 e. The number of carbonyl (C=O) groups is 5. The lowest BCUT2D eigenvalue weighted by Crippen LogP contribution is -2.61. The Morgan fingerprint density at radius 2 is 1.33 bits per heavy atom. The Balaban J connectivity index is 2.40. The Hall–Kier alpha value is -3.87. The lowest BCUT2D eigenvalue weighted by Gasteiger charge is -2.30. The Labute approximate surface area is 276 Å². The molecule has 253 valence electrons. The minimum Gasteiger partial charge on any atom is -0.361 e. The molecule has 0 saturated heterocycles. The number of thiol groups is 1. The third-order valence-corrected chi connectivity index (χ3v) is 8.65. The first-order chi connectivity index (χ1) is 21.8. The molecule has 7 atom stereocenters. The van der Waals surface area contributed by atoms with Crippen LogP contribution in [0.4, 0.5) is 0 Å². The fourth-order valence-corrected chi connectivity index (χ4v) is 5.17. The van der Waals surface area contributed by atoms with E-state index in [0.717, 1.165) is 16.5 Å². The molecule has 0 aliphatic carbocycles. The molecule has 5 amide bonds. The second-order valence-corrected chi connectivity index (χ2v) is 12.5. The Morgan fingerprint density at radius 3 is 1.87 bits per heavy atom. The summed E-state index contributed by atoms with van der Waals surface area (Å²) in [6.07, 6.45) is 4.78. The standard InChI is InChI=1S/C33H49N6O6S/c1-8-19(5)28(35-21(7)41)33(45)39-29(20(6)9-2)32(44)36-25(14-22-15-34-24-13-11-10-12-23(22)24)30(42)38-27(17-46)31(43)37-26(16-40)18(3)4/h10-13,15,18-20,25-29,34,46H,8-9,14,17H2,1-7H3,(H,35,41)(H,36,44)(H,37,43)(H,38,42)(H,39,45)/t19-,20-,25-,26+,27-,28-,29-/m0/s1. The highest BCUT2D eigenvalue weighted by atomic mass is 32.1. The molecule has 1 aromatic carbocycles. The van der Waals surface area contributed by atoms with E-state index in [4.69, 9.17) is 0 Å². The lowest BCUT2D eigenvalue weighted by molar-refractivity contribution is -0.135. The molecule has 0 unspecified atom stereocenters. The van der Waals surface area contributed by atoms with Crippen molar-refractivity contribution in [2.75, 3.05) is 5.75 Å². The number of aromatic amines is 1. The van der Waals surface area contributed by atoms with Crippen molar-refractivity contribution in [1.29, 1.82) is 0 Å². The molecule has 6 N–H and O–H groups in total. The average molecular weight is 658 g/mol. The predicted octanol–water partition coefficient (Wildman–Crippen LogP) is 1.94. The van der Waals surface area contributed by atoms with Gasteiger partial charge in [0.25, 0.3) is 0 Å². The van der Waals surface area contributed by atoms with Gasteiger partial charge in [-0.15, -0.1) is 0 Å². The van der Waals surface area contributed by atoms with Gasteiger partial charge >= 0.3 is 0 Å². The molecule has 0 bridgehead atoms. The summed E-state index contributed by atoms with van der Waals surface area (Å²) in [6.45, 7) is 12.3. The van der Waals surface area contributed by atoms with Crippen molar-refractivity contribution in [3.8, 4) is 0 Å². The van der Waals surface area contributed by atoms with E-state index < -0.39 is 53.8 Å². The quantitative estimate of drug-likeness (QED) is 0.121. The lowest BCUT2D eigenvalue weighted by atomic mass is 9.94. The molecule has 0 spiro atoms. The van der Waals surface area contributed by atoms with E-state index in [0.29, 0.717) is 12.8 Å². The van der Waals surface area contributed by atoms with Crippen LogP contribution in [-0.4, -0.2) is 76.8 Å². The van der Waals surface area contributed by atoms with Crippen LogP contribution in [0.1, 0.15) is 66.9 Å². The third-order valence-electron chi connectivity index (χ3n) is 8.29. The summed E-state index contributed by atoms with van der Waals surface area (Å²) in [5, 5.41) is 14.4. The highest BCUT2D eigenvalue weighted by Crippen LogP contribution is 2.20. The Kier molecular flexibility index (Phi) is 15.3. The number of nitrogens with one attached hydrogen (secondary N) is 6. The van der Waals surface area contributed by atoms with Crippen molar-refractivity contribution in [2.45, 2.75) is 97.9 Å². The van der Waals surface area contributed by atoms with Gasteiger partial charge in [-0.25, -0.2) is 0 Å². The Morgan fingerprint density at radius 1 is 0.783 bits per heavy atom. The molecule has 1 heterocycles. The summed E-state index contributed by atoms with van der Waals surface area (Å²) < 4.78 is 0. The number of amides is 5. The van der Waals surface area contributed by atoms with Gasteiger partial charge in [-0.3, -0.25) is 28.8 Å². The molecule has 0 saturated carbocycles. The number of H-pyrrole nitrogens is 1. The van der Waals surface area contributed by atoms with Crippen LogP contribution < -0.4 is 26.6 Å². The molecule has 0 aliphatic heterocycles. The van der Waals surface area contributed by atoms with Gasteiger partial charge in [0.15, 0.2) is 0 Å². The van der Waals surface area contributed by atoms with E-state index >= 15 is 0 Å². The van der Waals surface area contributed by atoms with Gasteiger partial charge in [-0.1, -0.05) is 72.6 Å².